The summed E-state index contributed by atoms with van der Waals surface area (Å²) in [4.78, 5) is 10.8. The van der Waals surface area contributed by atoms with E-state index < -0.39 is 0 Å². The maximum Gasteiger partial charge on any atom is 0.330 e. The Morgan fingerprint density at radius 2 is 2.42 bits per heavy atom. The zero-order chi connectivity index (χ0) is 9.23. The Bertz CT molecular complexity index is 148. The molecular formula is C8H15IO2Si. The first-order valence-corrected chi connectivity index (χ1v) is 7.69. The minimum absolute atomic E-state index is 0.143. The van der Waals surface area contributed by atoms with Crippen molar-refractivity contribution in [2.45, 2.75) is 19.4 Å². The number of alkyl halides is 1. The van der Waals surface area contributed by atoms with Crippen LogP contribution in [0.1, 0.15) is 13.3 Å². The molecule has 0 aliphatic heterocycles. The number of hydrogen-bond acceptors (Lipinski definition) is 2. The van der Waals surface area contributed by atoms with Crippen LogP contribution in [0.4, 0.5) is 0 Å². The molecule has 2 nitrogen and oxygen atoms in total. The van der Waals surface area contributed by atoms with Gasteiger partial charge in [-0.2, -0.15) is 0 Å². The van der Waals surface area contributed by atoms with Gasteiger partial charge < -0.3 is 4.74 Å². The third-order valence-electron chi connectivity index (χ3n) is 1.33. The molecule has 0 aromatic carbocycles. The lowest BCUT2D eigenvalue weighted by molar-refractivity contribution is -0.137. The molecule has 12 heavy (non-hydrogen) atoms. The second-order valence-corrected chi connectivity index (χ2v) is 7.45. The van der Waals surface area contributed by atoms with Crippen LogP contribution in [0.3, 0.4) is 0 Å². The van der Waals surface area contributed by atoms with Gasteiger partial charge in [0.15, 0.2) is 0 Å². The van der Waals surface area contributed by atoms with E-state index in [1.807, 2.05) is 6.92 Å². The molecular weight excluding hydrogens is 283 g/mol. The van der Waals surface area contributed by atoms with E-state index in [2.05, 4.69) is 22.6 Å². The summed E-state index contributed by atoms with van der Waals surface area (Å²) in [6, 6.07) is 1.28. The molecule has 0 aliphatic rings. The van der Waals surface area contributed by atoms with Gasteiger partial charge in [0.05, 0.1) is 6.61 Å². The number of halogens is 1. The van der Waals surface area contributed by atoms with Crippen LogP contribution < -0.4 is 0 Å². The van der Waals surface area contributed by atoms with E-state index in [9.17, 15) is 4.79 Å². The molecule has 0 N–H and O–H groups in total. The summed E-state index contributed by atoms with van der Waals surface area (Å²) in [7, 11) is 0.143. The maximum absolute atomic E-state index is 10.8. The van der Waals surface area contributed by atoms with Gasteiger partial charge in [-0.25, -0.2) is 4.79 Å². The number of carbonyl (C=O) groups excluding carboxylic acids is 1. The van der Waals surface area contributed by atoms with E-state index in [1.54, 1.807) is 6.08 Å². The molecule has 0 amide bonds. The van der Waals surface area contributed by atoms with Crippen molar-refractivity contribution < 1.29 is 9.53 Å². The molecule has 0 unspecified atom stereocenters. The van der Waals surface area contributed by atoms with Crippen molar-refractivity contribution >= 4 is 38.1 Å². The Morgan fingerprint density at radius 3 is 3.00 bits per heavy atom. The fourth-order valence-electron chi connectivity index (χ4n) is 0.730. The topological polar surface area (TPSA) is 26.3 Å². The molecule has 4 heteroatoms. The Morgan fingerprint density at radius 1 is 1.67 bits per heavy atom. The fraction of sp³-hybridized carbons (Fsp3) is 0.625. The predicted molar refractivity (Wildman–Crippen MR) is 62.6 cm³/mol. The average Bonchev–Trinajstić information content (AvgIpc) is 2.05. The van der Waals surface area contributed by atoms with Gasteiger partial charge >= 0.3 is 5.97 Å². The summed E-state index contributed by atoms with van der Waals surface area (Å²) in [5.74, 6) is -0.214. The van der Waals surface area contributed by atoms with Gasteiger partial charge in [-0.05, 0) is 17.4 Å². The minimum atomic E-state index is -0.214. The third kappa shape index (κ3) is 8.26. The largest absolute Gasteiger partial charge is 0.463 e. The lowest BCUT2D eigenvalue weighted by Gasteiger charge is -1.99. The SMILES string of the molecule is CC=CC(=O)OCCC[SiH2]CI. The highest BCUT2D eigenvalue weighted by Crippen LogP contribution is 1.93. The van der Waals surface area contributed by atoms with Crippen molar-refractivity contribution in [3.8, 4) is 0 Å². The van der Waals surface area contributed by atoms with Gasteiger partial charge in [-0.15, -0.1) is 0 Å². The standard InChI is InChI=1S/C8H15IO2Si/c1-2-4-8(10)11-5-3-6-12-7-9/h2,4H,3,5-7,12H2,1H3. The molecule has 0 heterocycles. The highest BCUT2D eigenvalue weighted by Gasteiger charge is 1.94. The van der Waals surface area contributed by atoms with Crippen molar-refractivity contribution in [2.75, 3.05) is 10.7 Å². The predicted octanol–water partition coefficient (Wildman–Crippen LogP) is 1.48. The smallest absolute Gasteiger partial charge is 0.330 e. The van der Waals surface area contributed by atoms with Gasteiger partial charge in [-0.1, -0.05) is 34.7 Å². The quantitative estimate of drug-likeness (QED) is 0.185. The molecule has 0 bridgehead atoms. The van der Waals surface area contributed by atoms with Gasteiger partial charge in [-0.3, -0.25) is 0 Å². The van der Waals surface area contributed by atoms with E-state index in [4.69, 9.17) is 4.74 Å². The summed E-state index contributed by atoms with van der Waals surface area (Å²) in [5.41, 5.74) is 0. The monoisotopic (exact) mass is 298 g/mol. The van der Waals surface area contributed by atoms with E-state index in [0.29, 0.717) is 6.61 Å². The van der Waals surface area contributed by atoms with Crippen LogP contribution in [0.25, 0.3) is 0 Å². The first-order chi connectivity index (χ1) is 5.81. The summed E-state index contributed by atoms with van der Waals surface area (Å²) in [6.07, 6.45) is 4.19. The van der Waals surface area contributed by atoms with Crippen LogP contribution >= 0.6 is 22.6 Å². The Hall–Kier alpha value is 0.157. The van der Waals surface area contributed by atoms with Crippen molar-refractivity contribution in [3.05, 3.63) is 12.2 Å². The lowest BCUT2D eigenvalue weighted by Crippen LogP contribution is -2.03. The number of rotatable bonds is 6. The minimum Gasteiger partial charge on any atom is -0.463 e. The first-order valence-electron chi connectivity index (χ1n) is 4.16. The van der Waals surface area contributed by atoms with Gasteiger partial charge in [0.1, 0.15) is 0 Å². The number of ether oxygens (including phenoxy) is 1. The van der Waals surface area contributed by atoms with Crippen molar-refractivity contribution in [2.24, 2.45) is 0 Å². The molecule has 0 radical (unpaired) electrons. The molecule has 0 rings (SSSR count). The normalized spacial score (nSPS) is 11.5. The van der Waals surface area contributed by atoms with E-state index in [-0.39, 0.29) is 15.5 Å². The third-order valence-corrected chi connectivity index (χ3v) is 4.88. The second-order valence-electron chi connectivity index (χ2n) is 2.42. The Kier molecular flexibility index (Phi) is 9.37. The van der Waals surface area contributed by atoms with Crippen molar-refractivity contribution in [3.63, 3.8) is 0 Å². The van der Waals surface area contributed by atoms with Crippen molar-refractivity contribution in [1.82, 2.24) is 0 Å². The van der Waals surface area contributed by atoms with E-state index in [0.717, 1.165) is 6.42 Å². The number of hydrogen-bond donors (Lipinski definition) is 0. The van der Waals surface area contributed by atoms with E-state index in [1.165, 1.54) is 16.2 Å². The van der Waals surface area contributed by atoms with Gasteiger partial charge in [0.2, 0.25) is 0 Å². The van der Waals surface area contributed by atoms with Gasteiger partial charge in [0, 0.05) is 15.6 Å². The lowest BCUT2D eigenvalue weighted by atomic mass is 10.5. The highest BCUT2D eigenvalue weighted by molar-refractivity contribution is 14.1. The Labute approximate surface area is 89.7 Å². The van der Waals surface area contributed by atoms with Gasteiger partial charge in [0.25, 0.3) is 0 Å². The molecule has 0 atom stereocenters. The molecule has 0 spiro atoms. The van der Waals surface area contributed by atoms with Crippen LogP contribution in [0, 0.1) is 0 Å². The first kappa shape index (κ1) is 12.2. The summed E-state index contributed by atoms with van der Waals surface area (Å²) >= 11 is 2.41. The fourth-order valence-corrected chi connectivity index (χ4v) is 3.10. The highest BCUT2D eigenvalue weighted by atomic mass is 127. The van der Waals surface area contributed by atoms with Crippen LogP contribution in [0.2, 0.25) is 6.04 Å². The van der Waals surface area contributed by atoms with Crippen LogP contribution in [-0.4, -0.2) is 26.1 Å². The average molecular weight is 298 g/mol. The molecule has 0 aromatic heterocycles. The zero-order valence-electron chi connectivity index (χ0n) is 7.38. The molecule has 0 aromatic rings. The van der Waals surface area contributed by atoms with E-state index >= 15 is 0 Å². The number of esters is 1. The van der Waals surface area contributed by atoms with Crippen molar-refractivity contribution in [1.29, 1.82) is 0 Å². The number of carbonyl (C=O) groups is 1. The molecule has 70 valence electrons. The molecule has 0 fully saturated rings. The summed E-state index contributed by atoms with van der Waals surface area (Å²) in [5, 5.41) is 0. The Balaban J connectivity index is 3.14. The second kappa shape index (κ2) is 9.25. The van der Waals surface area contributed by atoms with Crippen LogP contribution in [0.5, 0.6) is 0 Å². The summed E-state index contributed by atoms with van der Waals surface area (Å²) in [6.45, 7) is 2.40. The summed E-state index contributed by atoms with van der Waals surface area (Å²) < 4.78 is 6.24. The molecule has 0 saturated carbocycles. The molecule has 0 saturated heterocycles. The molecule has 0 aliphatic carbocycles. The number of allylic oxidation sites excluding steroid dienone is 1. The zero-order valence-corrected chi connectivity index (χ0v) is 11.0. The van der Waals surface area contributed by atoms with Crippen LogP contribution in [0.15, 0.2) is 12.2 Å². The van der Waals surface area contributed by atoms with Crippen LogP contribution in [-0.2, 0) is 9.53 Å². The maximum atomic E-state index is 10.8.